The van der Waals surface area contributed by atoms with E-state index in [4.69, 9.17) is 5.73 Å². The quantitative estimate of drug-likeness (QED) is 0.785. The minimum Gasteiger partial charge on any atom is -0.399 e. The molecule has 0 radical (unpaired) electrons. The van der Waals surface area contributed by atoms with E-state index in [1.54, 1.807) is 18.1 Å². The molecule has 1 heterocycles. The third-order valence-electron chi connectivity index (χ3n) is 2.07. The van der Waals surface area contributed by atoms with Gasteiger partial charge in [-0.2, -0.15) is 0 Å². The Labute approximate surface area is 92.5 Å². The summed E-state index contributed by atoms with van der Waals surface area (Å²) in [6.07, 6.45) is 1.69. The van der Waals surface area contributed by atoms with Gasteiger partial charge < -0.3 is 10.3 Å². The van der Waals surface area contributed by atoms with Crippen LogP contribution in [0.25, 0.3) is 0 Å². The number of benzene rings is 1. The Kier molecular flexibility index (Phi) is 2.64. The Bertz CT molecular complexity index is 478. The standard InChI is InChI=1S/C10H12N4S/c1-7-5-8(11)3-4-9(7)15-10-13-12-6-14(10)2/h3-6H,11H2,1-2H3. The highest BCUT2D eigenvalue weighted by Gasteiger charge is 2.05. The summed E-state index contributed by atoms with van der Waals surface area (Å²) in [4.78, 5) is 1.15. The van der Waals surface area contributed by atoms with Gasteiger partial charge in [0.05, 0.1) is 0 Å². The highest BCUT2D eigenvalue weighted by molar-refractivity contribution is 7.99. The van der Waals surface area contributed by atoms with Crippen LogP contribution in [0.5, 0.6) is 0 Å². The monoisotopic (exact) mass is 220 g/mol. The molecule has 0 atom stereocenters. The van der Waals surface area contributed by atoms with Crippen molar-refractivity contribution in [3.8, 4) is 0 Å². The lowest BCUT2D eigenvalue weighted by molar-refractivity contribution is 0.788. The van der Waals surface area contributed by atoms with E-state index in [1.807, 2.05) is 36.7 Å². The van der Waals surface area contributed by atoms with E-state index in [-0.39, 0.29) is 0 Å². The van der Waals surface area contributed by atoms with Crippen molar-refractivity contribution in [2.45, 2.75) is 17.0 Å². The Morgan fingerprint density at radius 3 is 2.80 bits per heavy atom. The molecule has 0 unspecified atom stereocenters. The smallest absolute Gasteiger partial charge is 0.195 e. The lowest BCUT2D eigenvalue weighted by atomic mass is 10.2. The number of nitrogens with zero attached hydrogens (tertiary/aromatic N) is 3. The first-order valence-corrected chi connectivity index (χ1v) is 5.36. The molecule has 0 saturated heterocycles. The van der Waals surface area contributed by atoms with Crippen molar-refractivity contribution < 1.29 is 0 Å². The van der Waals surface area contributed by atoms with E-state index in [1.165, 1.54) is 0 Å². The normalized spacial score (nSPS) is 10.5. The molecule has 2 rings (SSSR count). The SMILES string of the molecule is Cc1cc(N)ccc1Sc1nncn1C. The number of nitrogen functional groups attached to an aromatic ring is 1. The Morgan fingerprint density at radius 1 is 1.40 bits per heavy atom. The van der Waals surface area contributed by atoms with Gasteiger partial charge in [0.1, 0.15) is 6.33 Å². The first kappa shape index (κ1) is 10.0. The molecule has 0 amide bonds. The largest absolute Gasteiger partial charge is 0.399 e. The van der Waals surface area contributed by atoms with Crippen molar-refractivity contribution in [1.29, 1.82) is 0 Å². The molecule has 15 heavy (non-hydrogen) atoms. The van der Waals surface area contributed by atoms with Crippen molar-refractivity contribution >= 4 is 17.4 Å². The lowest BCUT2D eigenvalue weighted by Gasteiger charge is -2.05. The highest BCUT2D eigenvalue weighted by Crippen LogP contribution is 2.29. The number of hydrogen-bond acceptors (Lipinski definition) is 4. The van der Waals surface area contributed by atoms with Crippen LogP contribution in [0, 0.1) is 6.92 Å². The van der Waals surface area contributed by atoms with Crippen molar-refractivity contribution in [3.63, 3.8) is 0 Å². The first-order chi connectivity index (χ1) is 7.16. The number of rotatable bonds is 2. The second kappa shape index (κ2) is 3.94. The van der Waals surface area contributed by atoms with Crippen molar-refractivity contribution in [2.24, 2.45) is 7.05 Å². The Morgan fingerprint density at radius 2 is 2.20 bits per heavy atom. The maximum absolute atomic E-state index is 5.69. The van der Waals surface area contributed by atoms with Gasteiger partial charge in [0, 0.05) is 17.6 Å². The number of anilines is 1. The molecule has 0 aliphatic carbocycles. The Balaban J connectivity index is 2.29. The van der Waals surface area contributed by atoms with Crippen LogP contribution >= 0.6 is 11.8 Å². The number of aryl methyl sites for hydroxylation is 2. The summed E-state index contributed by atoms with van der Waals surface area (Å²) in [5.41, 5.74) is 7.63. The molecule has 4 nitrogen and oxygen atoms in total. The van der Waals surface area contributed by atoms with Crippen molar-refractivity contribution in [1.82, 2.24) is 14.8 Å². The van der Waals surface area contributed by atoms with Crippen LogP contribution in [-0.4, -0.2) is 14.8 Å². The van der Waals surface area contributed by atoms with E-state index in [9.17, 15) is 0 Å². The predicted octanol–water partition coefficient (Wildman–Crippen LogP) is 1.86. The summed E-state index contributed by atoms with van der Waals surface area (Å²) in [6.45, 7) is 2.04. The van der Waals surface area contributed by atoms with Gasteiger partial charge in [-0.3, -0.25) is 0 Å². The third kappa shape index (κ3) is 2.12. The molecule has 5 heteroatoms. The number of hydrogen-bond donors (Lipinski definition) is 1. The van der Waals surface area contributed by atoms with E-state index < -0.39 is 0 Å². The maximum atomic E-state index is 5.69. The van der Waals surface area contributed by atoms with Crippen molar-refractivity contribution in [2.75, 3.05) is 5.73 Å². The summed E-state index contributed by atoms with van der Waals surface area (Å²) in [6, 6.07) is 5.86. The van der Waals surface area contributed by atoms with E-state index in [0.717, 1.165) is 21.3 Å². The second-order valence-electron chi connectivity index (χ2n) is 3.35. The predicted molar refractivity (Wildman–Crippen MR) is 60.7 cm³/mol. The number of nitrogens with two attached hydrogens (primary N) is 1. The van der Waals surface area contributed by atoms with Crippen molar-refractivity contribution in [3.05, 3.63) is 30.1 Å². The molecule has 1 aromatic heterocycles. The van der Waals surface area contributed by atoms with Crippen LogP contribution in [0.15, 0.2) is 34.6 Å². The van der Waals surface area contributed by atoms with Crippen LogP contribution in [0.4, 0.5) is 5.69 Å². The minimum atomic E-state index is 0.787. The van der Waals surface area contributed by atoms with Gasteiger partial charge in [-0.1, -0.05) is 0 Å². The molecule has 2 N–H and O–H groups in total. The molecule has 0 aliphatic heterocycles. The fourth-order valence-corrected chi connectivity index (χ4v) is 2.08. The highest BCUT2D eigenvalue weighted by atomic mass is 32.2. The molecule has 0 spiro atoms. The van der Waals surface area contributed by atoms with Crippen LogP contribution < -0.4 is 5.73 Å². The van der Waals surface area contributed by atoms with E-state index in [2.05, 4.69) is 10.2 Å². The van der Waals surface area contributed by atoms with E-state index >= 15 is 0 Å². The molecular weight excluding hydrogens is 208 g/mol. The van der Waals surface area contributed by atoms with Gasteiger partial charge in [0.25, 0.3) is 0 Å². The Hall–Kier alpha value is -1.49. The summed E-state index contributed by atoms with van der Waals surface area (Å²) in [7, 11) is 1.93. The zero-order valence-electron chi connectivity index (χ0n) is 8.64. The van der Waals surface area contributed by atoms with Crippen LogP contribution in [0.3, 0.4) is 0 Å². The number of aromatic nitrogens is 3. The van der Waals surface area contributed by atoms with Gasteiger partial charge in [-0.25, -0.2) is 0 Å². The summed E-state index contributed by atoms with van der Waals surface area (Å²) >= 11 is 1.59. The summed E-state index contributed by atoms with van der Waals surface area (Å²) < 4.78 is 1.89. The topological polar surface area (TPSA) is 56.7 Å². The first-order valence-electron chi connectivity index (χ1n) is 4.55. The molecule has 0 aliphatic rings. The third-order valence-corrected chi connectivity index (χ3v) is 3.30. The van der Waals surface area contributed by atoms with Crippen LogP contribution in [0.1, 0.15) is 5.56 Å². The zero-order chi connectivity index (χ0) is 10.8. The summed E-state index contributed by atoms with van der Waals surface area (Å²) in [5.74, 6) is 0. The average Bonchev–Trinajstić information content (AvgIpc) is 2.57. The van der Waals surface area contributed by atoms with Gasteiger partial charge in [-0.15, -0.1) is 10.2 Å². The van der Waals surface area contributed by atoms with Gasteiger partial charge in [-0.05, 0) is 42.4 Å². The van der Waals surface area contributed by atoms with Gasteiger partial charge in [0.15, 0.2) is 5.16 Å². The minimum absolute atomic E-state index is 0.787. The fourth-order valence-electron chi connectivity index (χ4n) is 1.25. The molecule has 0 bridgehead atoms. The average molecular weight is 220 g/mol. The fraction of sp³-hybridized carbons (Fsp3) is 0.200. The molecule has 1 aromatic carbocycles. The molecule has 78 valence electrons. The lowest BCUT2D eigenvalue weighted by Crippen LogP contribution is -1.91. The van der Waals surface area contributed by atoms with Crippen LogP contribution in [-0.2, 0) is 7.05 Å². The maximum Gasteiger partial charge on any atom is 0.195 e. The van der Waals surface area contributed by atoms with Crippen LogP contribution in [0.2, 0.25) is 0 Å². The van der Waals surface area contributed by atoms with E-state index in [0.29, 0.717) is 0 Å². The van der Waals surface area contributed by atoms with Gasteiger partial charge >= 0.3 is 0 Å². The molecular formula is C10H12N4S. The zero-order valence-corrected chi connectivity index (χ0v) is 9.45. The molecule has 0 fully saturated rings. The van der Waals surface area contributed by atoms with Gasteiger partial charge in [0.2, 0.25) is 0 Å². The molecule has 0 saturated carbocycles. The summed E-state index contributed by atoms with van der Waals surface area (Å²) in [5, 5.41) is 8.73. The second-order valence-corrected chi connectivity index (χ2v) is 4.36. The molecule has 2 aromatic rings.